The standard InChI is InChI=1S/C21H38N2O2/c24-21-3-1-2-20(21)22-18-10-12-23(13-11-18)19-8-6-17(7-9-19)15-25-14-16-4-5-16/h16-22,24H,1-15H2/t17?,19?,20?,21-/m1/s1. The van der Waals surface area contributed by atoms with E-state index in [1.807, 2.05) is 0 Å². The van der Waals surface area contributed by atoms with E-state index in [1.54, 1.807) is 0 Å². The Bertz CT molecular complexity index is 399. The highest BCUT2D eigenvalue weighted by molar-refractivity contribution is 4.89. The van der Waals surface area contributed by atoms with Gasteiger partial charge in [0.15, 0.2) is 0 Å². The third-order valence-electron chi connectivity index (χ3n) is 7.20. The van der Waals surface area contributed by atoms with Gasteiger partial charge in [0.05, 0.1) is 6.10 Å². The summed E-state index contributed by atoms with van der Waals surface area (Å²) in [7, 11) is 0. The van der Waals surface area contributed by atoms with Gasteiger partial charge in [0.2, 0.25) is 0 Å². The van der Waals surface area contributed by atoms with E-state index in [0.29, 0.717) is 12.1 Å². The summed E-state index contributed by atoms with van der Waals surface area (Å²) in [5, 5.41) is 13.8. The Morgan fingerprint density at radius 1 is 0.800 bits per heavy atom. The van der Waals surface area contributed by atoms with Crippen LogP contribution in [0.15, 0.2) is 0 Å². The molecule has 1 unspecified atom stereocenters. The van der Waals surface area contributed by atoms with E-state index in [1.165, 1.54) is 70.9 Å². The molecule has 4 nitrogen and oxygen atoms in total. The minimum absolute atomic E-state index is 0.101. The molecule has 0 amide bonds. The van der Waals surface area contributed by atoms with Crippen molar-refractivity contribution in [2.45, 2.75) is 94.9 Å². The van der Waals surface area contributed by atoms with Crippen LogP contribution in [0, 0.1) is 11.8 Å². The molecule has 0 aromatic rings. The van der Waals surface area contributed by atoms with Crippen molar-refractivity contribution in [3.8, 4) is 0 Å². The average Bonchev–Trinajstić information content (AvgIpc) is 3.38. The molecule has 2 N–H and O–H groups in total. The van der Waals surface area contributed by atoms with Crippen LogP contribution in [0.4, 0.5) is 0 Å². The van der Waals surface area contributed by atoms with E-state index in [-0.39, 0.29) is 6.10 Å². The van der Waals surface area contributed by atoms with Crippen molar-refractivity contribution in [3.63, 3.8) is 0 Å². The Morgan fingerprint density at radius 3 is 2.00 bits per heavy atom. The number of piperidine rings is 1. The second-order valence-corrected chi connectivity index (χ2v) is 9.24. The lowest BCUT2D eigenvalue weighted by Crippen LogP contribution is -2.51. The van der Waals surface area contributed by atoms with Crippen LogP contribution in [0.3, 0.4) is 0 Å². The molecule has 2 atom stereocenters. The van der Waals surface area contributed by atoms with Crippen molar-refractivity contribution in [2.75, 3.05) is 26.3 Å². The lowest BCUT2D eigenvalue weighted by molar-refractivity contribution is 0.0496. The first kappa shape index (κ1) is 18.2. The topological polar surface area (TPSA) is 44.7 Å². The summed E-state index contributed by atoms with van der Waals surface area (Å²) in [4.78, 5) is 2.75. The minimum Gasteiger partial charge on any atom is -0.392 e. The highest BCUT2D eigenvalue weighted by Crippen LogP contribution is 2.32. The van der Waals surface area contributed by atoms with Gasteiger partial charge >= 0.3 is 0 Å². The molecule has 3 aliphatic carbocycles. The molecular weight excluding hydrogens is 312 g/mol. The Kier molecular flexibility index (Phi) is 6.33. The molecule has 4 heteroatoms. The van der Waals surface area contributed by atoms with E-state index in [9.17, 15) is 5.11 Å². The van der Waals surface area contributed by atoms with Gasteiger partial charge in [0.1, 0.15) is 0 Å². The summed E-state index contributed by atoms with van der Waals surface area (Å²) in [5.41, 5.74) is 0. The molecule has 4 aliphatic rings. The van der Waals surface area contributed by atoms with Gasteiger partial charge in [-0.2, -0.15) is 0 Å². The Hall–Kier alpha value is -0.160. The molecule has 0 aromatic carbocycles. The second-order valence-electron chi connectivity index (χ2n) is 9.24. The van der Waals surface area contributed by atoms with Crippen LogP contribution in [0.2, 0.25) is 0 Å². The number of hydrogen-bond acceptors (Lipinski definition) is 4. The van der Waals surface area contributed by atoms with Crippen LogP contribution in [0.1, 0.15) is 70.6 Å². The molecule has 25 heavy (non-hydrogen) atoms. The van der Waals surface area contributed by atoms with E-state index >= 15 is 0 Å². The van der Waals surface area contributed by atoms with E-state index in [0.717, 1.165) is 43.9 Å². The average molecular weight is 351 g/mol. The number of nitrogens with zero attached hydrogens (tertiary/aromatic N) is 1. The van der Waals surface area contributed by atoms with Crippen molar-refractivity contribution in [3.05, 3.63) is 0 Å². The van der Waals surface area contributed by atoms with Gasteiger partial charge in [-0.15, -0.1) is 0 Å². The number of aliphatic hydroxyl groups is 1. The maximum Gasteiger partial charge on any atom is 0.0693 e. The highest BCUT2D eigenvalue weighted by atomic mass is 16.5. The molecule has 1 saturated heterocycles. The summed E-state index contributed by atoms with van der Waals surface area (Å²) in [6, 6.07) is 1.81. The lowest BCUT2D eigenvalue weighted by atomic mass is 9.85. The quantitative estimate of drug-likeness (QED) is 0.741. The highest BCUT2D eigenvalue weighted by Gasteiger charge is 2.32. The van der Waals surface area contributed by atoms with Gasteiger partial charge in [-0.05, 0) is 95.6 Å². The molecule has 144 valence electrons. The smallest absolute Gasteiger partial charge is 0.0693 e. The lowest BCUT2D eigenvalue weighted by Gasteiger charge is -2.41. The van der Waals surface area contributed by atoms with Crippen LogP contribution >= 0.6 is 0 Å². The van der Waals surface area contributed by atoms with Crippen LogP contribution in [0.5, 0.6) is 0 Å². The summed E-state index contributed by atoms with van der Waals surface area (Å²) in [6.07, 6.45) is 14.0. The Labute approximate surface area is 153 Å². The third-order valence-corrected chi connectivity index (χ3v) is 7.20. The number of nitrogens with one attached hydrogen (secondary N) is 1. The molecule has 0 bridgehead atoms. The summed E-state index contributed by atoms with van der Waals surface area (Å²) in [6.45, 7) is 4.52. The Balaban J connectivity index is 1.11. The number of rotatable bonds is 7. The molecule has 4 fully saturated rings. The van der Waals surface area contributed by atoms with Crippen molar-refractivity contribution < 1.29 is 9.84 Å². The monoisotopic (exact) mass is 350 g/mol. The number of ether oxygens (including phenoxy) is 1. The van der Waals surface area contributed by atoms with Crippen molar-refractivity contribution in [1.82, 2.24) is 10.2 Å². The first-order valence-electron chi connectivity index (χ1n) is 11.0. The van der Waals surface area contributed by atoms with Crippen molar-refractivity contribution in [2.24, 2.45) is 11.8 Å². The zero-order valence-corrected chi connectivity index (χ0v) is 15.9. The fourth-order valence-electron chi connectivity index (χ4n) is 5.23. The second kappa shape index (κ2) is 8.69. The SMILES string of the molecule is O[C@@H]1CCCC1NC1CCN(C2CCC(COCC3CC3)CC2)CC1. The first-order valence-corrected chi connectivity index (χ1v) is 11.0. The largest absolute Gasteiger partial charge is 0.392 e. The molecule has 0 aromatic heterocycles. The molecular formula is C21H38N2O2. The maximum absolute atomic E-state index is 10.0. The van der Waals surface area contributed by atoms with E-state index < -0.39 is 0 Å². The van der Waals surface area contributed by atoms with Gasteiger partial charge in [-0.3, -0.25) is 0 Å². The molecule has 1 heterocycles. The van der Waals surface area contributed by atoms with Crippen molar-refractivity contribution in [1.29, 1.82) is 0 Å². The van der Waals surface area contributed by atoms with Crippen molar-refractivity contribution >= 4 is 0 Å². The first-order chi connectivity index (χ1) is 12.3. The predicted molar refractivity (Wildman–Crippen MR) is 101 cm³/mol. The fraction of sp³-hybridized carbons (Fsp3) is 1.00. The van der Waals surface area contributed by atoms with Gasteiger partial charge in [-0.25, -0.2) is 0 Å². The molecule has 4 rings (SSSR count). The van der Waals surface area contributed by atoms with Crippen LogP contribution < -0.4 is 5.32 Å². The number of aliphatic hydroxyl groups excluding tert-OH is 1. The zero-order valence-electron chi connectivity index (χ0n) is 15.9. The zero-order chi connectivity index (χ0) is 17.1. The molecule has 0 radical (unpaired) electrons. The summed E-state index contributed by atoms with van der Waals surface area (Å²) < 4.78 is 5.92. The fourth-order valence-corrected chi connectivity index (χ4v) is 5.23. The number of hydrogen-bond donors (Lipinski definition) is 2. The third kappa shape index (κ3) is 5.18. The van der Waals surface area contributed by atoms with E-state index in [4.69, 9.17) is 4.74 Å². The van der Waals surface area contributed by atoms with Gasteiger partial charge < -0.3 is 20.1 Å². The summed E-state index contributed by atoms with van der Waals surface area (Å²) in [5.74, 6) is 1.72. The molecule has 3 saturated carbocycles. The van der Waals surface area contributed by atoms with Gasteiger partial charge in [0, 0.05) is 31.3 Å². The predicted octanol–water partition coefficient (Wildman–Crippen LogP) is 2.94. The minimum atomic E-state index is -0.101. The maximum atomic E-state index is 10.0. The van der Waals surface area contributed by atoms with Crippen LogP contribution in [-0.4, -0.2) is 60.5 Å². The number of likely N-dealkylation sites (tertiary alicyclic amines) is 1. The molecule has 0 spiro atoms. The van der Waals surface area contributed by atoms with Crippen LogP contribution in [-0.2, 0) is 4.74 Å². The van der Waals surface area contributed by atoms with E-state index in [2.05, 4.69) is 10.2 Å². The van der Waals surface area contributed by atoms with Gasteiger partial charge in [0.25, 0.3) is 0 Å². The summed E-state index contributed by atoms with van der Waals surface area (Å²) >= 11 is 0. The molecule has 1 aliphatic heterocycles. The Morgan fingerprint density at radius 2 is 1.44 bits per heavy atom. The normalized spacial score (nSPS) is 38.3. The van der Waals surface area contributed by atoms with Gasteiger partial charge in [-0.1, -0.05) is 0 Å². The van der Waals surface area contributed by atoms with Crippen LogP contribution in [0.25, 0.3) is 0 Å².